The van der Waals surface area contributed by atoms with E-state index in [0.717, 1.165) is 13.0 Å². The molecule has 0 aromatic carbocycles. The number of nitrogens with zero attached hydrogens (tertiary/aromatic N) is 2. The van der Waals surface area contributed by atoms with E-state index in [1.165, 1.54) is 0 Å². The lowest BCUT2D eigenvalue weighted by molar-refractivity contribution is -0.160. The van der Waals surface area contributed by atoms with Crippen molar-refractivity contribution in [3.8, 4) is 0 Å². The Labute approximate surface area is 79.1 Å². The molecule has 1 N–H and O–H groups in total. The number of carbonyl (C=O) groups excluding carboxylic acids is 1. The second-order valence-corrected chi connectivity index (χ2v) is 3.67. The van der Waals surface area contributed by atoms with Crippen molar-refractivity contribution in [2.45, 2.75) is 38.8 Å². The quantitative estimate of drug-likeness (QED) is 0.671. The highest BCUT2D eigenvalue weighted by atomic mass is 16.3. The van der Waals surface area contributed by atoms with Crippen molar-refractivity contribution in [3.63, 3.8) is 0 Å². The fraction of sp³-hybridized carbons (Fsp3) is 0.889. The molecule has 1 amide bonds. The highest BCUT2D eigenvalue weighted by molar-refractivity contribution is 5.75. The van der Waals surface area contributed by atoms with Gasteiger partial charge >= 0.3 is 0 Å². The Hall–Kier alpha value is -0.610. The summed E-state index contributed by atoms with van der Waals surface area (Å²) < 4.78 is 0. The highest BCUT2D eigenvalue weighted by Crippen LogP contribution is 2.15. The van der Waals surface area contributed by atoms with Crippen LogP contribution in [0.5, 0.6) is 0 Å². The molecule has 2 unspecified atom stereocenters. The molecule has 1 saturated heterocycles. The van der Waals surface area contributed by atoms with E-state index in [1.807, 2.05) is 11.9 Å². The van der Waals surface area contributed by atoms with Gasteiger partial charge in [-0.1, -0.05) is 0 Å². The summed E-state index contributed by atoms with van der Waals surface area (Å²) in [4.78, 5) is 11.3. The van der Waals surface area contributed by atoms with Crippen LogP contribution in [0, 0.1) is 0 Å². The molecule has 13 heavy (non-hydrogen) atoms. The number of hydrogen-bond donors (Lipinski definition) is 1. The Morgan fingerprint density at radius 2 is 2.08 bits per heavy atom. The summed E-state index contributed by atoms with van der Waals surface area (Å²) in [5.74, 6) is 0.138. The van der Waals surface area contributed by atoms with E-state index in [1.54, 1.807) is 19.0 Å². The van der Waals surface area contributed by atoms with Crippen LogP contribution in [0.2, 0.25) is 0 Å². The Morgan fingerprint density at radius 1 is 1.46 bits per heavy atom. The molecular formula is C9H18N2O2. The van der Waals surface area contributed by atoms with Crippen LogP contribution in [0.3, 0.4) is 0 Å². The van der Waals surface area contributed by atoms with Gasteiger partial charge in [-0.15, -0.1) is 0 Å². The van der Waals surface area contributed by atoms with Gasteiger partial charge in [0.05, 0.1) is 12.1 Å². The third-order valence-corrected chi connectivity index (χ3v) is 2.69. The second-order valence-electron chi connectivity index (χ2n) is 3.67. The van der Waals surface area contributed by atoms with E-state index in [-0.39, 0.29) is 11.9 Å². The molecule has 4 nitrogen and oxygen atoms in total. The van der Waals surface area contributed by atoms with Crippen molar-refractivity contribution >= 4 is 5.91 Å². The van der Waals surface area contributed by atoms with Gasteiger partial charge in [0.2, 0.25) is 5.91 Å². The maximum atomic E-state index is 11.3. The normalized spacial score (nSPS) is 24.6. The molecule has 1 fully saturated rings. The largest absolute Gasteiger partial charge is 0.392 e. The fourth-order valence-corrected chi connectivity index (χ4v) is 1.57. The Morgan fingerprint density at radius 3 is 2.62 bits per heavy atom. The first-order chi connectivity index (χ1) is 6.04. The minimum Gasteiger partial charge on any atom is -0.392 e. The zero-order chi connectivity index (χ0) is 10.0. The zero-order valence-corrected chi connectivity index (χ0v) is 8.53. The summed E-state index contributed by atoms with van der Waals surface area (Å²) in [6.07, 6.45) is 1.10. The van der Waals surface area contributed by atoms with Gasteiger partial charge in [0, 0.05) is 20.0 Å². The van der Waals surface area contributed by atoms with Crippen LogP contribution in [-0.4, -0.2) is 46.8 Å². The van der Waals surface area contributed by atoms with Crippen LogP contribution in [-0.2, 0) is 4.79 Å². The van der Waals surface area contributed by atoms with Crippen molar-refractivity contribution in [1.29, 1.82) is 0 Å². The van der Waals surface area contributed by atoms with E-state index < -0.39 is 6.10 Å². The van der Waals surface area contributed by atoms with Crippen LogP contribution in [0.15, 0.2) is 0 Å². The fourth-order valence-electron chi connectivity index (χ4n) is 1.57. The minimum atomic E-state index is -0.409. The van der Waals surface area contributed by atoms with Crippen molar-refractivity contribution in [2.24, 2.45) is 0 Å². The van der Waals surface area contributed by atoms with Gasteiger partial charge in [-0.3, -0.25) is 9.80 Å². The van der Waals surface area contributed by atoms with Crippen LogP contribution >= 0.6 is 0 Å². The average Bonchev–Trinajstić information content (AvgIpc) is 2.08. The summed E-state index contributed by atoms with van der Waals surface area (Å²) in [5.41, 5.74) is 0. The molecule has 0 saturated carbocycles. The van der Waals surface area contributed by atoms with Crippen LogP contribution in [0.25, 0.3) is 0 Å². The second kappa shape index (κ2) is 4.07. The van der Waals surface area contributed by atoms with E-state index in [0.29, 0.717) is 6.42 Å². The molecule has 1 rings (SSSR count). The SMILES string of the molecule is CC(O)C(C)N1CCCC(=O)N1C. The molecule has 1 aliphatic rings. The smallest absolute Gasteiger partial charge is 0.236 e. The Kier molecular flexibility index (Phi) is 3.27. The first kappa shape index (κ1) is 10.5. The average molecular weight is 186 g/mol. The third kappa shape index (κ3) is 2.19. The predicted molar refractivity (Wildman–Crippen MR) is 49.9 cm³/mol. The molecule has 0 radical (unpaired) electrons. The topological polar surface area (TPSA) is 43.8 Å². The van der Waals surface area contributed by atoms with Gasteiger partial charge in [-0.2, -0.15) is 0 Å². The van der Waals surface area contributed by atoms with Gasteiger partial charge in [-0.05, 0) is 20.3 Å². The van der Waals surface area contributed by atoms with E-state index in [4.69, 9.17) is 0 Å². The van der Waals surface area contributed by atoms with Gasteiger partial charge in [0.15, 0.2) is 0 Å². The first-order valence-corrected chi connectivity index (χ1v) is 4.75. The summed E-state index contributed by atoms with van der Waals surface area (Å²) in [6, 6.07) is 0.00856. The summed E-state index contributed by atoms with van der Waals surface area (Å²) in [7, 11) is 1.76. The Bertz CT molecular complexity index is 194. The van der Waals surface area contributed by atoms with E-state index in [2.05, 4.69) is 0 Å². The molecule has 2 atom stereocenters. The van der Waals surface area contributed by atoms with Gasteiger partial charge in [0.1, 0.15) is 0 Å². The summed E-state index contributed by atoms with van der Waals surface area (Å²) in [6.45, 7) is 4.53. The Balaban J connectivity index is 2.62. The number of rotatable bonds is 2. The van der Waals surface area contributed by atoms with Crippen LogP contribution in [0.1, 0.15) is 26.7 Å². The van der Waals surface area contributed by atoms with Crippen molar-refractivity contribution in [2.75, 3.05) is 13.6 Å². The molecule has 0 aromatic heterocycles. The third-order valence-electron chi connectivity index (χ3n) is 2.69. The maximum Gasteiger partial charge on any atom is 0.236 e. The number of aliphatic hydroxyl groups excluding tert-OH is 1. The maximum absolute atomic E-state index is 11.3. The lowest BCUT2D eigenvalue weighted by atomic mass is 10.1. The number of aliphatic hydroxyl groups is 1. The van der Waals surface area contributed by atoms with E-state index >= 15 is 0 Å². The lowest BCUT2D eigenvalue weighted by Crippen LogP contribution is -2.54. The molecule has 1 aliphatic heterocycles. The van der Waals surface area contributed by atoms with Crippen LogP contribution in [0.4, 0.5) is 0 Å². The highest BCUT2D eigenvalue weighted by Gasteiger charge is 2.28. The molecular weight excluding hydrogens is 168 g/mol. The standard InChI is InChI=1S/C9H18N2O2/c1-7(8(2)12)11-6-4-5-9(13)10(11)3/h7-8,12H,4-6H2,1-3H3. The van der Waals surface area contributed by atoms with E-state index in [9.17, 15) is 9.90 Å². The van der Waals surface area contributed by atoms with Gasteiger partial charge < -0.3 is 5.11 Å². The molecule has 0 bridgehead atoms. The number of hydrazine groups is 1. The number of amides is 1. The van der Waals surface area contributed by atoms with Crippen molar-refractivity contribution in [3.05, 3.63) is 0 Å². The van der Waals surface area contributed by atoms with Gasteiger partial charge in [0.25, 0.3) is 0 Å². The summed E-state index contributed by atoms with van der Waals surface area (Å²) in [5, 5.41) is 13.0. The zero-order valence-electron chi connectivity index (χ0n) is 8.53. The first-order valence-electron chi connectivity index (χ1n) is 4.75. The lowest BCUT2D eigenvalue weighted by Gasteiger charge is -2.40. The summed E-state index contributed by atoms with van der Waals surface area (Å²) >= 11 is 0. The molecule has 0 aliphatic carbocycles. The monoisotopic (exact) mass is 186 g/mol. The van der Waals surface area contributed by atoms with Crippen molar-refractivity contribution < 1.29 is 9.90 Å². The van der Waals surface area contributed by atoms with Crippen LogP contribution < -0.4 is 0 Å². The van der Waals surface area contributed by atoms with Crippen molar-refractivity contribution in [1.82, 2.24) is 10.0 Å². The molecule has 0 aromatic rings. The molecule has 4 heteroatoms. The minimum absolute atomic E-state index is 0.00856. The number of carbonyl (C=O) groups is 1. The molecule has 76 valence electrons. The molecule has 0 spiro atoms. The van der Waals surface area contributed by atoms with Gasteiger partial charge in [-0.25, -0.2) is 5.01 Å². The number of hydrogen-bond acceptors (Lipinski definition) is 3. The molecule has 1 heterocycles. The predicted octanol–water partition coefficient (Wildman–Crippen LogP) is 0.225.